The summed E-state index contributed by atoms with van der Waals surface area (Å²) in [6.45, 7) is 9.50. The maximum Gasteiger partial charge on any atom is 0.342 e. The van der Waals surface area contributed by atoms with E-state index in [1.54, 1.807) is 6.92 Å². The van der Waals surface area contributed by atoms with Crippen LogP contribution in [0.4, 0.5) is 5.88 Å². The highest BCUT2D eigenvalue weighted by Crippen LogP contribution is 2.28. The van der Waals surface area contributed by atoms with Crippen molar-refractivity contribution in [3.63, 3.8) is 0 Å². The Balaban J connectivity index is 2.15. The lowest BCUT2D eigenvalue weighted by Crippen LogP contribution is -2.42. The van der Waals surface area contributed by atoms with Gasteiger partial charge < -0.3 is 14.9 Å². The van der Waals surface area contributed by atoms with Crippen LogP contribution in [-0.4, -0.2) is 48.9 Å². The number of amides is 2. The van der Waals surface area contributed by atoms with Gasteiger partial charge in [0.1, 0.15) is 16.9 Å². The zero-order valence-electron chi connectivity index (χ0n) is 15.8. The smallest absolute Gasteiger partial charge is 0.342 e. The zero-order valence-corrected chi connectivity index (χ0v) is 15.8. The number of aryl methyl sites for hydroxylation is 1. The van der Waals surface area contributed by atoms with E-state index >= 15 is 0 Å². The van der Waals surface area contributed by atoms with E-state index in [0.29, 0.717) is 11.8 Å². The molecule has 2 heterocycles. The van der Waals surface area contributed by atoms with Crippen LogP contribution in [0.5, 0.6) is 0 Å². The zero-order chi connectivity index (χ0) is 19.4. The fraction of sp³-hybridized carbons (Fsp3) is 0.611. The summed E-state index contributed by atoms with van der Waals surface area (Å²) in [5, 5.41) is 2.57. The highest BCUT2D eigenvalue weighted by molar-refractivity contribution is 6.10. The summed E-state index contributed by atoms with van der Waals surface area (Å²) in [6, 6.07) is 0. The molecule has 1 aliphatic rings. The molecule has 8 heteroatoms. The summed E-state index contributed by atoms with van der Waals surface area (Å²) < 4.78 is 10.4. The molecule has 1 aromatic heterocycles. The molecule has 1 aromatic rings. The Hall–Kier alpha value is -2.35. The third-order valence-corrected chi connectivity index (χ3v) is 4.37. The molecule has 26 heavy (non-hydrogen) atoms. The van der Waals surface area contributed by atoms with Crippen molar-refractivity contribution >= 4 is 23.7 Å². The molecular weight excluding hydrogens is 338 g/mol. The van der Waals surface area contributed by atoms with Gasteiger partial charge in [-0.1, -0.05) is 13.8 Å². The molecule has 3 N–H and O–H groups in total. The molecule has 1 aliphatic heterocycles. The lowest BCUT2D eigenvalue weighted by molar-refractivity contribution is -0.118. The molecule has 1 fully saturated rings. The fourth-order valence-electron chi connectivity index (χ4n) is 3.61. The summed E-state index contributed by atoms with van der Waals surface area (Å²) in [6.07, 6.45) is 1.14. The lowest BCUT2D eigenvalue weighted by atomic mass is 9.92. The number of rotatable bonds is 6. The van der Waals surface area contributed by atoms with E-state index in [0.717, 1.165) is 19.5 Å². The average Bonchev–Trinajstić information content (AvgIpc) is 2.82. The molecule has 8 nitrogen and oxygen atoms in total. The first-order valence-electron chi connectivity index (χ1n) is 8.85. The Labute approximate surface area is 153 Å². The molecule has 0 spiro atoms. The number of esters is 1. The number of ether oxygens (including phenoxy) is 1. The molecule has 0 bridgehead atoms. The largest absolute Gasteiger partial charge is 0.462 e. The number of nitrogens with one attached hydrogen (secondary N) is 1. The van der Waals surface area contributed by atoms with E-state index in [9.17, 15) is 14.4 Å². The normalized spacial score (nSPS) is 20.6. The first kappa shape index (κ1) is 20.0. The quantitative estimate of drug-likeness (QED) is 0.743. The van der Waals surface area contributed by atoms with Crippen molar-refractivity contribution in [2.75, 3.05) is 31.6 Å². The summed E-state index contributed by atoms with van der Waals surface area (Å²) in [5.41, 5.74) is 5.19. The Kier molecular flexibility index (Phi) is 6.42. The monoisotopic (exact) mass is 365 g/mol. The first-order chi connectivity index (χ1) is 12.2. The average molecular weight is 365 g/mol. The maximum absolute atomic E-state index is 12.4. The van der Waals surface area contributed by atoms with Crippen LogP contribution in [0.1, 0.15) is 53.7 Å². The summed E-state index contributed by atoms with van der Waals surface area (Å²) in [7, 11) is 0. The van der Waals surface area contributed by atoms with Crippen LogP contribution in [0.3, 0.4) is 0 Å². The Morgan fingerprint density at radius 2 is 1.85 bits per heavy atom. The van der Waals surface area contributed by atoms with Crippen molar-refractivity contribution < 1.29 is 23.5 Å². The standard InChI is InChI=1S/C18H27N3O5/c1-5-25-18(24)14-12(4)26-17(15(14)16(19)23)20-13(22)9-21-7-10(2)6-11(3)8-21/h10-11H,5-9H2,1-4H3,(H2,19,23)(H,20,22)/t10-,11-/m1/s1. The minimum absolute atomic E-state index is 0.0464. The fourth-order valence-corrected chi connectivity index (χ4v) is 3.61. The SMILES string of the molecule is CCOC(=O)c1c(C)oc(NC(=O)CN2C[C@H](C)C[C@@H](C)C2)c1C(N)=O. The van der Waals surface area contributed by atoms with Crippen molar-refractivity contribution in [1.82, 2.24) is 4.90 Å². The number of likely N-dealkylation sites (tertiary alicyclic amines) is 1. The third kappa shape index (κ3) is 4.63. The number of primary amides is 1. The molecule has 144 valence electrons. The van der Waals surface area contributed by atoms with Crippen LogP contribution in [0, 0.1) is 18.8 Å². The number of piperidine rings is 1. The molecule has 0 radical (unpaired) electrons. The van der Waals surface area contributed by atoms with Crippen LogP contribution in [0.2, 0.25) is 0 Å². The maximum atomic E-state index is 12.4. The van der Waals surface area contributed by atoms with Gasteiger partial charge in [0.05, 0.1) is 13.2 Å². The van der Waals surface area contributed by atoms with Crippen molar-refractivity contribution in [2.45, 2.75) is 34.1 Å². The second kappa shape index (κ2) is 8.35. The van der Waals surface area contributed by atoms with Crippen LogP contribution < -0.4 is 11.1 Å². The second-order valence-electron chi connectivity index (χ2n) is 7.01. The molecule has 0 unspecified atom stereocenters. The number of hydrogen-bond donors (Lipinski definition) is 2. The van der Waals surface area contributed by atoms with Crippen LogP contribution >= 0.6 is 0 Å². The molecule has 0 aromatic carbocycles. The second-order valence-corrected chi connectivity index (χ2v) is 7.01. The molecule has 2 atom stereocenters. The number of furan rings is 1. The highest BCUT2D eigenvalue weighted by atomic mass is 16.5. The van der Waals surface area contributed by atoms with Crippen molar-refractivity contribution in [3.05, 3.63) is 16.9 Å². The third-order valence-electron chi connectivity index (χ3n) is 4.37. The Bertz CT molecular complexity index is 687. The Morgan fingerprint density at radius 3 is 2.38 bits per heavy atom. The Morgan fingerprint density at radius 1 is 1.23 bits per heavy atom. The lowest BCUT2D eigenvalue weighted by Gasteiger charge is -2.34. The van der Waals surface area contributed by atoms with Crippen LogP contribution in [0.25, 0.3) is 0 Å². The number of nitrogens with two attached hydrogens (primary N) is 1. The van der Waals surface area contributed by atoms with Gasteiger partial charge in [-0.25, -0.2) is 4.79 Å². The van der Waals surface area contributed by atoms with E-state index in [2.05, 4.69) is 24.1 Å². The topological polar surface area (TPSA) is 115 Å². The van der Waals surface area contributed by atoms with Crippen molar-refractivity contribution in [3.8, 4) is 0 Å². The van der Waals surface area contributed by atoms with Crippen molar-refractivity contribution in [2.24, 2.45) is 17.6 Å². The minimum atomic E-state index is -0.861. The highest BCUT2D eigenvalue weighted by Gasteiger charge is 2.30. The molecule has 1 saturated heterocycles. The summed E-state index contributed by atoms with van der Waals surface area (Å²) >= 11 is 0. The summed E-state index contributed by atoms with van der Waals surface area (Å²) in [4.78, 5) is 38.4. The molecule has 0 saturated carbocycles. The summed E-state index contributed by atoms with van der Waals surface area (Å²) in [5.74, 6) is -0.781. The molecule has 0 aliphatic carbocycles. The number of hydrogen-bond acceptors (Lipinski definition) is 6. The predicted molar refractivity (Wildman–Crippen MR) is 95.9 cm³/mol. The number of carbonyl (C=O) groups is 3. The van der Waals surface area contributed by atoms with Gasteiger partial charge in [-0.05, 0) is 32.1 Å². The van der Waals surface area contributed by atoms with Gasteiger partial charge in [0.25, 0.3) is 5.91 Å². The van der Waals surface area contributed by atoms with Gasteiger partial charge in [-0.15, -0.1) is 0 Å². The van der Waals surface area contributed by atoms with Gasteiger partial charge >= 0.3 is 5.97 Å². The van der Waals surface area contributed by atoms with E-state index < -0.39 is 11.9 Å². The van der Waals surface area contributed by atoms with Gasteiger partial charge in [0, 0.05) is 13.1 Å². The van der Waals surface area contributed by atoms with Crippen LogP contribution in [-0.2, 0) is 9.53 Å². The number of carbonyl (C=O) groups excluding carboxylic acids is 3. The van der Waals surface area contributed by atoms with Gasteiger partial charge in [-0.2, -0.15) is 0 Å². The van der Waals surface area contributed by atoms with E-state index in [1.165, 1.54) is 6.92 Å². The van der Waals surface area contributed by atoms with Crippen LogP contribution in [0.15, 0.2) is 4.42 Å². The predicted octanol–water partition coefficient (Wildman–Crippen LogP) is 1.78. The van der Waals surface area contributed by atoms with Gasteiger partial charge in [0.2, 0.25) is 11.8 Å². The number of anilines is 1. The van der Waals surface area contributed by atoms with E-state index in [4.69, 9.17) is 14.9 Å². The first-order valence-corrected chi connectivity index (χ1v) is 8.85. The van der Waals surface area contributed by atoms with Crippen molar-refractivity contribution in [1.29, 1.82) is 0 Å². The molecule has 2 rings (SSSR count). The van der Waals surface area contributed by atoms with Gasteiger partial charge in [0.15, 0.2) is 0 Å². The van der Waals surface area contributed by atoms with Gasteiger partial charge in [-0.3, -0.25) is 19.8 Å². The number of nitrogens with zero attached hydrogens (tertiary/aromatic N) is 1. The molecular formula is C18H27N3O5. The molecule has 2 amide bonds. The van der Waals surface area contributed by atoms with E-state index in [1.807, 2.05) is 0 Å². The minimum Gasteiger partial charge on any atom is -0.462 e. The van der Waals surface area contributed by atoms with E-state index in [-0.39, 0.29) is 41.8 Å².